The Morgan fingerprint density at radius 1 is 1.33 bits per heavy atom. The minimum atomic E-state index is 0.150. The van der Waals surface area contributed by atoms with Crippen molar-refractivity contribution in [2.75, 3.05) is 13.1 Å². The third-order valence-corrected chi connectivity index (χ3v) is 4.90. The van der Waals surface area contributed by atoms with Crippen LogP contribution in [0.1, 0.15) is 36.2 Å². The molecule has 0 spiro atoms. The van der Waals surface area contributed by atoms with Gasteiger partial charge < -0.3 is 9.30 Å². The second kappa shape index (κ2) is 4.86. The highest BCUT2D eigenvalue weighted by atomic mass is 16.2. The lowest BCUT2D eigenvalue weighted by Gasteiger charge is -2.26. The number of rotatable bonds is 1. The summed E-state index contributed by atoms with van der Waals surface area (Å²) in [7, 11) is 0. The van der Waals surface area contributed by atoms with Crippen LogP contribution in [0.4, 0.5) is 0 Å². The van der Waals surface area contributed by atoms with Gasteiger partial charge in [-0.1, -0.05) is 0 Å². The topological polar surface area (TPSA) is 37.6 Å². The van der Waals surface area contributed by atoms with Crippen LogP contribution >= 0.6 is 0 Å². The van der Waals surface area contributed by atoms with Crippen LogP contribution in [-0.2, 0) is 17.6 Å². The maximum Gasteiger partial charge on any atom is 0.226 e. The number of carbonyl (C=O) groups excluding carboxylic acids is 1. The van der Waals surface area contributed by atoms with E-state index in [1.54, 1.807) is 0 Å². The fraction of sp³-hybridized carbons (Fsp3) is 0.529. The summed E-state index contributed by atoms with van der Waals surface area (Å²) in [6.45, 7) is 4.00. The second-order valence-electron chi connectivity index (χ2n) is 6.41. The quantitative estimate of drug-likeness (QED) is 0.806. The summed E-state index contributed by atoms with van der Waals surface area (Å²) in [6.07, 6.45) is 7.15. The Bertz CT molecular complexity index is 697. The Morgan fingerprint density at radius 2 is 2.14 bits per heavy atom. The lowest BCUT2D eigenvalue weighted by molar-refractivity contribution is -0.134. The molecule has 1 atom stereocenters. The van der Waals surface area contributed by atoms with E-state index in [0.717, 1.165) is 38.0 Å². The van der Waals surface area contributed by atoms with Crippen molar-refractivity contribution < 1.29 is 4.79 Å². The summed E-state index contributed by atoms with van der Waals surface area (Å²) in [4.78, 5) is 19.4. The summed E-state index contributed by atoms with van der Waals surface area (Å²) in [6, 6.07) is 4.23. The number of imidazole rings is 1. The molecule has 2 aliphatic rings. The standard InChI is InChI=1S/C17H21N3O/c1-12-6-9-20-15-11-13(17(21)19-7-2-3-8-19)4-5-14(15)18-16(20)10-12/h6,9-10,13H,2-5,7-8,11H2,1H3. The van der Waals surface area contributed by atoms with Crippen molar-refractivity contribution in [2.45, 2.75) is 39.0 Å². The number of nitrogens with zero attached hydrogens (tertiary/aromatic N) is 3. The lowest BCUT2D eigenvalue weighted by atomic mass is 9.88. The summed E-state index contributed by atoms with van der Waals surface area (Å²) < 4.78 is 2.17. The lowest BCUT2D eigenvalue weighted by Crippen LogP contribution is -2.36. The number of hydrogen-bond donors (Lipinski definition) is 0. The Morgan fingerprint density at radius 3 is 2.95 bits per heavy atom. The molecule has 0 saturated carbocycles. The molecule has 21 heavy (non-hydrogen) atoms. The zero-order valence-corrected chi connectivity index (χ0v) is 12.5. The van der Waals surface area contributed by atoms with Crippen LogP contribution in [0, 0.1) is 12.8 Å². The first-order chi connectivity index (χ1) is 10.2. The maximum absolute atomic E-state index is 12.6. The Kier molecular flexibility index (Phi) is 2.98. The predicted molar refractivity (Wildman–Crippen MR) is 81.3 cm³/mol. The summed E-state index contributed by atoms with van der Waals surface area (Å²) >= 11 is 0. The predicted octanol–water partition coefficient (Wildman–Crippen LogP) is 2.37. The molecule has 0 aromatic carbocycles. The van der Waals surface area contributed by atoms with Gasteiger partial charge in [0.05, 0.1) is 5.69 Å². The largest absolute Gasteiger partial charge is 0.342 e. The molecular formula is C17H21N3O. The van der Waals surface area contributed by atoms with Crippen molar-refractivity contribution >= 4 is 11.6 Å². The molecule has 4 heteroatoms. The van der Waals surface area contributed by atoms with Crippen LogP contribution in [0.25, 0.3) is 5.65 Å². The molecule has 1 aliphatic carbocycles. The van der Waals surface area contributed by atoms with E-state index in [4.69, 9.17) is 4.98 Å². The van der Waals surface area contributed by atoms with Crippen LogP contribution in [-0.4, -0.2) is 33.3 Å². The number of pyridine rings is 1. The number of likely N-dealkylation sites (tertiary alicyclic amines) is 1. The van der Waals surface area contributed by atoms with Gasteiger partial charge in [-0.25, -0.2) is 4.98 Å². The third-order valence-electron chi connectivity index (χ3n) is 4.90. The highest BCUT2D eigenvalue weighted by molar-refractivity contribution is 5.79. The first-order valence-electron chi connectivity index (χ1n) is 7.97. The van der Waals surface area contributed by atoms with Gasteiger partial charge >= 0.3 is 0 Å². The molecule has 0 bridgehead atoms. The third kappa shape index (κ3) is 2.13. The van der Waals surface area contributed by atoms with Gasteiger partial charge in [0.1, 0.15) is 5.65 Å². The van der Waals surface area contributed by atoms with Gasteiger partial charge in [0.25, 0.3) is 0 Å². The van der Waals surface area contributed by atoms with Gasteiger partial charge in [-0.2, -0.15) is 0 Å². The molecule has 4 nitrogen and oxygen atoms in total. The fourth-order valence-electron chi connectivity index (χ4n) is 3.72. The van der Waals surface area contributed by atoms with Gasteiger partial charge in [-0.15, -0.1) is 0 Å². The van der Waals surface area contributed by atoms with E-state index in [9.17, 15) is 4.79 Å². The smallest absolute Gasteiger partial charge is 0.226 e. The van der Waals surface area contributed by atoms with E-state index in [-0.39, 0.29) is 5.92 Å². The zero-order chi connectivity index (χ0) is 14.4. The average Bonchev–Trinajstić information content (AvgIpc) is 3.12. The van der Waals surface area contributed by atoms with E-state index < -0.39 is 0 Å². The van der Waals surface area contributed by atoms with E-state index in [2.05, 4.69) is 34.6 Å². The average molecular weight is 283 g/mol. The van der Waals surface area contributed by atoms with Crippen molar-refractivity contribution in [2.24, 2.45) is 5.92 Å². The van der Waals surface area contributed by atoms with Crippen LogP contribution in [0.3, 0.4) is 0 Å². The van der Waals surface area contributed by atoms with Crippen molar-refractivity contribution in [1.29, 1.82) is 0 Å². The van der Waals surface area contributed by atoms with Crippen LogP contribution in [0.15, 0.2) is 18.3 Å². The molecule has 1 aliphatic heterocycles. The monoisotopic (exact) mass is 283 g/mol. The summed E-state index contributed by atoms with van der Waals surface area (Å²) in [5, 5.41) is 0. The van der Waals surface area contributed by atoms with E-state index >= 15 is 0 Å². The molecule has 2 aromatic rings. The van der Waals surface area contributed by atoms with Crippen LogP contribution in [0.2, 0.25) is 0 Å². The molecule has 0 N–H and O–H groups in total. The highest BCUT2D eigenvalue weighted by Gasteiger charge is 2.31. The summed E-state index contributed by atoms with van der Waals surface area (Å²) in [5.41, 5.74) is 4.68. The first kappa shape index (κ1) is 12.9. The Hall–Kier alpha value is -1.84. The number of fused-ring (bicyclic) bond motifs is 3. The van der Waals surface area contributed by atoms with Gasteiger partial charge in [0, 0.05) is 37.3 Å². The van der Waals surface area contributed by atoms with Gasteiger partial charge in [0.2, 0.25) is 5.91 Å². The molecule has 110 valence electrons. The molecule has 1 fully saturated rings. The first-order valence-corrected chi connectivity index (χ1v) is 7.97. The van der Waals surface area contributed by atoms with E-state index in [0.29, 0.717) is 5.91 Å². The molecular weight excluding hydrogens is 262 g/mol. The van der Waals surface area contributed by atoms with Gasteiger partial charge in [-0.05, 0) is 50.3 Å². The number of carbonyl (C=O) groups is 1. The number of hydrogen-bond acceptors (Lipinski definition) is 2. The number of amides is 1. The Labute approximate surface area is 124 Å². The second-order valence-corrected chi connectivity index (χ2v) is 6.41. The fourth-order valence-corrected chi connectivity index (χ4v) is 3.72. The Balaban J connectivity index is 1.64. The molecule has 2 aromatic heterocycles. The van der Waals surface area contributed by atoms with Crippen molar-refractivity contribution in [1.82, 2.24) is 14.3 Å². The van der Waals surface area contributed by atoms with Crippen molar-refractivity contribution in [3.8, 4) is 0 Å². The van der Waals surface area contributed by atoms with Crippen LogP contribution < -0.4 is 0 Å². The minimum absolute atomic E-state index is 0.150. The molecule has 3 heterocycles. The molecule has 0 radical (unpaired) electrons. The van der Waals surface area contributed by atoms with E-state index in [1.165, 1.54) is 29.8 Å². The number of aromatic nitrogens is 2. The van der Waals surface area contributed by atoms with E-state index in [1.807, 2.05) is 0 Å². The maximum atomic E-state index is 12.6. The zero-order valence-electron chi connectivity index (χ0n) is 12.5. The highest BCUT2D eigenvalue weighted by Crippen LogP contribution is 2.28. The van der Waals surface area contributed by atoms with Crippen molar-refractivity contribution in [3.05, 3.63) is 35.3 Å². The normalized spacial score (nSPS) is 21.8. The minimum Gasteiger partial charge on any atom is -0.342 e. The summed E-state index contributed by atoms with van der Waals surface area (Å²) in [5.74, 6) is 0.511. The van der Waals surface area contributed by atoms with Crippen molar-refractivity contribution in [3.63, 3.8) is 0 Å². The SMILES string of the molecule is Cc1ccn2c3c(nc2c1)CCC(C(=O)N1CCCC1)C3. The van der Waals surface area contributed by atoms with Gasteiger partial charge in [0.15, 0.2) is 0 Å². The molecule has 1 unspecified atom stereocenters. The van der Waals surface area contributed by atoms with Crippen LogP contribution in [0.5, 0.6) is 0 Å². The molecule has 1 amide bonds. The molecule has 1 saturated heterocycles. The number of aryl methyl sites for hydroxylation is 2. The molecule has 4 rings (SSSR count). The van der Waals surface area contributed by atoms with Gasteiger partial charge in [-0.3, -0.25) is 4.79 Å².